The van der Waals surface area contributed by atoms with Gasteiger partial charge in [0.15, 0.2) is 0 Å². The van der Waals surface area contributed by atoms with Crippen LogP contribution in [0.2, 0.25) is 0 Å². The highest BCUT2D eigenvalue weighted by Crippen LogP contribution is 2.60. The van der Waals surface area contributed by atoms with E-state index in [1.165, 1.54) is 34.9 Å². The average Bonchev–Trinajstić information content (AvgIpc) is 3.37. The van der Waals surface area contributed by atoms with Crippen LogP contribution in [0.3, 0.4) is 0 Å². The van der Waals surface area contributed by atoms with E-state index in [0.717, 1.165) is 17.8 Å². The Kier molecular flexibility index (Phi) is 4.46. The third kappa shape index (κ3) is 2.97. The van der Waals surface area contributed by atoms with Gasteiger partial charge in [-0.3, -0.25) is 0 Å². The fraction of sp³-hybridized carbons (Fsp3) is 0.231. The van der Waals surface area contributed by atoms with Crippen LogP contribution in [0.4, 0.5) is 0 Å². The maximum Gasteiger partial charge on any atom is 0.112 e. The van der Waals surface area contributed by atoms with Crippen LogP contribution >= 0.6 is 7.26 Å². The van der Waals surface area contributed by atoms with Gasteiger partial charge in [0.05, 0.1) is 6.16 Å². The Balaban J connectivity index is 1.71. The largest absolute Gasteiger partial charge is 0.112 e. The minimum Gasteiger partial charge on any atom is -0.0851 e. The number of fused-ring (bicyclic) bond motifs is 2. The topological polar surface area (TPSA) is 0 Å². The summed E-state index contributed by atoms with van der Waals surface area (Å²) in [6.07, 6.45) is 9.01. The Morgan fingerprint density at radius 2 is 1.07 bits per heavy atom. The minimum absolute atomic E-state index is 0.783. The van der Waals surface area contributed by atoms with Crippen LogP contribution in [-0.2, 0) is 0 Å². The molecule has 5 rings (SSSR count). The van der Waals surface area contributed by atoms with Crippen molar-refractivity contribution in [1.82, 2.24) is 0 Å². The number of hydrogen-bond donors (Lipinski definition) is 0. The first-order valence-electron chi connectivity index (χ1n) is 10.1. The number of benzene rings is 3. The molecule has 0 saturated heterocycles. The van der Waals surface area contributed by atoms with Crippen LogP contribution in [0, 0.1) is 17.8 Å². The molecule has 0 aromatic heterocycles. The van der Waals surface area contributed by atoms with Crippen LogP contribution in [0.15, 0.2) is 103 Å². The van der Waals surface area contributed by atoms with E-state index in [0.29, 0.717) is 0 Å². The van der Waals surface area contributed by atoms with Crippen LogP contribution in [0.1, 0.15) is 12.8 Å². The zero-order valence-electron chi connectivity index (χ0n) is 15.6. The summed E-state index contributed by atoms with van der Waals surface area (Å²) in [5.41, 5.74) is 0. The van der Waals surface area contributed by atoms with E-state index < -0.39 is 7.26 Å². The second-order valence-electron chi connectivity index (χ2n) is 8.04. The SMILES string of the molecule is C1=C[C@@H]2CC1CC2C[P+](c1ccccc1)(c1ccccc1)c1ccccc1. The zero-order valence-corrected chi connectivity index (χ0v) is 16.5. The van der Waals surface area contributed by atoms with E-state index in [1.807, 2.05) is 0 Å². The molecule has 2 aliphatic carbocycles. The first-order valence-corrected chi connectivity index (χ1v) is 12.1. The fourth-order valence-corrected chi connectivity index (χ4v) is 9.96. The van der Waals surface area contributed by atoms with Gasteiger partial charge in [0.2, 0.25) is 0 Å². The third-order valence-corrected chi connectivity index (χ3v) is 11.1. The second kappa shape index (κ2) is 7.10. The summed E-state index contributed by atoms with van der Waals surface area (Å²) in [7, 11) is -1.67. The Morgan fingerprint density at radius 1 is 0.593 bits per heavy atom. The number of allylic oxidation sites excluding steroid dienone is 2. The molecule has 1 heteroatoms. The maximum atomic E-state index is 2.51. The summed E-state index contributed by atoms with van der Waals surface area (Å²) in [6.45, 7) is 0. The Labute approximate surface area is 163 Å². The van der Waals surface area contributed by atoms with Crippen LogP contribution in [-0.4, -0.2) is 6.16 Å². The van der Waals surface area contributed by atoms with Crippen molar-refractivity contribution in [3.05, 3.63) is 103 Å². The summed E-state index contributed by atoms with van der Waals surface area (Å²) >= 11 is 0. The maximum absolute atomic E-state index is 2.51. The van der Waals surface area contributed by atoms with E-state index in [1.54, 1.807) is 0 Å². The van der Waals surface area contributed by atoms with Crippen molar-refractivity contribution in [2.75, 3.05) is 6.16 Å². The summed E-state index contributed by atoms with van der Waals surface area (Å²) < 4.78 is 0. The standard InChI is InChI=1S/C26H26P/c1-4-10-24(11-5-1)27(25-12-6-2-7-13-25,26-14-8-3-9-15-26)20-23-19-21-16-17-22(23)18-21/h1-17,21-23H,18-20H2/q+1/t21?,22-,23?/m1/s1. The van der Waals surface area contributed by atoms with Crippen molar-refractivity contribution in [2.45, 2.75) is 12.8 Å². The quantitative estimate of drug-likeness (QED) is 0.429. The molecule has 27 heavy (non-hydrogen) atoms. The van der Waals surface area contributed by atoms with Crippen LogP contribution in [0.25, 0.3) is 0 Å². The molecule has 3 aromatic rings. The lowest BCUT2D eigenvalue weighted by atomic mass is 9.96. The molecule has 0 aliphatic heterocycles. The van der Waals surface area contributed by atoms with Crippen molar-refractivity contribution < 1.29 is 0 Å². The molecule has 3 aromatic carbocycles. The highest BCUT2D eigenvalue weighted by atomic mass is 31.2. The molecule has 0 nitrogen and oxygen atoms in total. The van der Waals surface area contributed by atoms with Crippen LogP contribution in [0.5, 0.6) is 0 Å². The van der Waals surface area contributed by atoms with E-state index >= 15 is 0 Å². The van der Waals surface area contributed by atoms with Gasteiger partial charge in [-0.25, -0.2) is 0 Å². The van der Waals surface area contributed by atoms with Crippen molar-refractivity contribution in [3.63, 3.8) is 0 Å². The molecule has 1 fully saturated rings. The van der Waals surface area contributed by atoms with Crippen molar-refractivity contribution in [3.8, 4) is 0 Å². The lowest BCUT2D eigenvalue weighted by molar-refractivity contribution is 0.499. The van der Waals surface area contributed by atoms with E-state index in [-0.39, 0.29) is 0 Å². The Bertz CT molecular complexity index is 818. The molecule has 3 atom stereocenters. The predicted molar refractivity (Wildman–Crippen MR) is 119 cm³/mol. The summed E-state index contributed by atoms with van der Waals surface area (Å²) in [5.74, 6) is 2.41. The fourth-order valence-electron chi connectivity index (χ4n) is 5.27. The molecule has 0 amide bonds. The molecule has 0 spiro atoms. The molecule has 0 radical (unpaired) electrons. The van der Waals surface area contributed by atoms with Gasteiger partial charge >= 0.3 is 0 Å². The normalized spacial score (nSPS) is 23.6. The molecular formula is C26H26P+. The summed E-state index contributed by atoms with van der Waals surface area (Å²) in [4.78, 5) is 0. The molecule has 134 valence electrons. The Morgan fingerprint density at radius 3 is 1.44 bits per heavy atom. The van der Waals surface area contributed by atoms with Gasteiger partial charge in [-0.2, -0.15) is 0 Å². The zero-order chi connectivity index (χ0) is 18.1. The predicted octanol–water partition coefficient (Wildman–Crippen LogP) is 5.19. The number of rotatable bonds is 5. The van der Waals surface area contributed by atoms with Crippen molar-refractivity contribution >= 4 is 23.2 Å². The van der Waals surface area contributed by atoms with Gasteiger partial charge in [-0.05, 0) is 61.1 Å². The van der Waals surface area contributed by atoms with Gasteiger partial charge < -0.3 is 0 Å². The van der Waals surface area contributed by atoms with Gasteiger partial charge in [-0.15, -0.1) is 0 Å². The van der Waals surface area contributed by atoms with Gasteiger partial charge in [0, 0.05) is 5.92 Å². The molecule has 2 unspecified atom stereocenters. The molecule has 0 N–H and O–H groups in total. The highest BCUT2D eigenvalue weighted by molar-refractivity contribution is 7.95. The monoisotopic (exact) mass is 369 g/mol. The molecule has 1 saturated carbocycles. The van der Waals surface area contributed by atoms with Gasteiger partial charge in [-0.1, -0.05) is 66.7 Å². The third-order valence-electron chi connectivity index (χ3n) is 6.52. The lowest BCUT2D eigenvalue weighted by Crippen LogP contribution is -2.36. The van der Waals surface area contributed by atoms with Crippen molar-refractivity contribution in [2.24, 2.45) is 17.8 Å². The van der Waals surface area contributed by atoms with E-state index in [2.05, 4.69) is 103 Å². The minimum atomic E-state index is -1.67. The van der Waals surface area contributed by atoms with Crippen LogP contribution < -0.4 is 15.9 Å². The highest BCUT2D eigenvalue weighted by Gasteiger charge is 2.50. The van der Waals surface area contributed by atoms with Gasteiger partial charge in [0.25, 0.3) is 0 Å². The molecule has 2 aliphatic rings. The first kappa shape index (κ1) is 17.0. The summed E-state index contributed by atoms with van der Waals surface area (Å²) in [6, 6.07) is 34.0. The molecule has 2 bridgehead atoms. The van der Waals surface area contributed by atoms with Crippen molar-refractivity contribution in [1.29, 1.82) is 0 Å². The van der Waals surface area contributed by atoms with E-state index in [4.69, 9.17) is 0 Å². The summed E-state index contributed by atoms with van der Waals surface area (Å²) in [5, 5.41) is 4.57. The first-order chi connectivity index (χ1) is 13.4. The number of hydrogen-bond acceptors (Lipinski definition) is 0. The lowest BCUT2D eigenvalue weighted by Gasteiger charge is -2.31. The van der Waals surface area contributed by atoms with Gasteiger partial charge in [0.1, 0.15) is 23.2 Å². The van der Waals surface area contributed by atoms with E-state index in [9.17, 15) is 0 Å². The smallest absolute Gasteiger partial charge is 0.0851 e. The Hall–Kier alpha value is -2.17. The molecular weight excluding hydrogens is 343 g/mol. The average molecular weight is 369 g/mol. The second-order valence-corrected chi connectivity index (χ2v) is 11.6. The molecule has 0 heterocycles.